The summed E-state index contributed by atoms with van der Waals surface area (Å²) in [6.45, 7) is 47.8. The molecule has 1 aromatic carbocycles. The van der Waals surface area contributed by atoms with Crippen LogP contribution in [0, 0.1) is 41.9 Å². The van der Waals surface area contributed by atoms with Gasteiger partial charge in [0.25, 0.3) is 0 Å². The standard InChI is InChI=1S/C45H86O5Si3/c1-23-34(3)41(50-53(21,22)45(13,14)15)35(4)30-33(2)24-29-40(49-52(19,20)44(10,11)12)37(6)42(36(5)31-48-51(17,18)43(7,8)9)47-32-38-25-27-39(46-16)28-26-38/h1,25-28,33-37,40-42H,24,29-32H2,2-22H3/t33-,34+,35-,36-,37-,40+,41+,42-/m0/s1. The van der Waals surface area contributed by atoms with Crippen LogP contribution in [0.3, 0.4) is 0 Å². The second-order valence-corrected chi connectivity index (χ2v) is 35.5. The molecule has 0 heterocycles. The zero-order valence-corrected chi connectivity index (χ0v) is 41.6. The summed E-state index contributed by atoms with van der Waals surface area (Å²) in [6, 6.07) is 8.23. The molecule has 53 heavy (non-hydrogen) atoms. The summed E-state index contributed by atoms with van der Waals surface area (Å²) >= 11 is 0. The number of methoxy groups -OCH3 is 1. The molecule has 1 aromatic rings. The van der Waals surface area contributed by atoms with Gasteiger partial charge >= 0.3 is 0 Å². The summed E-state index contributed by atoms with van der Waals surface area (Å²) < 4.78 is 33.7. The molecule has 0 spiro atoms. The van der Waals surface area contributed by atoms with Crippen LogP contribution in [-0.2, 0) is 24.6 Å². The van der Waals surface area contributed by atoms with E-state index in [-0.39, 0.29) is 51.2 Å². The molecule has 0 aliphatic rings. The van der Waals surface area contributed by atoms with Crippen molar-refractivity contribution in [2.45, 2.75) is 196 Å². The highest BCUT2D eigenvalue weighted by molar-refractivity contribution is 6.75. The van der Waals surface area contributed by atoms with E-state index in [1.807, 2.05) is 12.1 Å². The van der Waals surface area contributed by atoms with Crippen LogP contribution in [0.2, 0.25) is 54.4 Å². The van der Waals surface area contributed by atoms with Gasteiger partial charge in [-0.05, 0) is 110 Å². The first-order chi connectivity index (χ1) is 23.9. The molecule has 0 unspecified atom stereocenters. The molecular formula is C45H86O5Si3. The number of hydrogen-bond donors (Lipinski definition) is 0. The van der Waals surface area contributed by atoms with Crippen LogP contribution in [0.4, 0.5) is 0 Å². The summed E-state index contributed by atoms with van der Waals surface area (Å²) in [5, 5.41) is 0.376. The quantitative estimate of drug-likeness (QED) is 0.0917. The van der Waals surface area contributed by atoms with Crippen LogP contribution in [0.25, 0.3) is 0 Å². The molecule has 1 rings (SSSR count). The van der Waals surface area contributed by atoms with Gasteiger partial charge in [-0.25, -0.2) is 0 Å². The maximum Gasteiger partial charge on any atom is 0.192 e. The highest BCUT2D eigenvalue weighted by Crippen LogP contribution is 2.42. The maximum atomic E-state index is 7.40. The minimum atomic E-state index is -2.10. The van der Waals surface area contributed by atoms with Crippen molar-refractivity contribution in [3.63, 3.8) is 0 Å². The lowest BCUT2D eigenvalue weighted by Crippen LogP contribution is -2.49. The second-order valence-electron chi connectivity index (χ2n) is 21.1. The van der Waals surface area contributed by atoms with Gasteiger partial charge in [-0.2, -0.15) is 0 Å². The van der Waals surface area contributed by atoms with Gasteiger partial charge in [0.1, 0.15) is 5.75 Å². The van der Waals surface area contributed by atoms with E-state index in [0.717, 1.165) is 30.6 Å². The van der Waals surface area contributed by atoms with Gasteiger partial charge in [-0.1, -0.05) is 102 Å². The molecular weight excluding hydrogens is 705 g/mol. The zero-order chi connectivity index (χ0) is 41.4. The van der Waals surface area contributed by atoms with Gasteiger partial charge in [-0.3, -0.25) is 0 Å². The SMILES string of the molecule is C#C[C@@H](C)[C@@H](O[Si](C)(C)C(C)(C)C)[C@@H](C)C[C@@H](C)CC[C@@H](O[Si](C)(C)C(C)(C)C)[C@H](C)[C@@H](OCc1ccc(OC)cc1)[C@@H](C)CO[Si](C)(C)C(C)(C)C. The molecule has 0 saturated carbocycles. The Bertz CT molecular complexity index is 1250. The van der Waals surface area contributed by atoms with Crippen LogP contribution in [-0.4, -0.2) is 57.0 Å². The van der Waals surface area contributed by atoms with E-state index >= 15 is 0 Å². The highest BCUT2D eigenvalue weighted by Gasteiger charge is 2.44. The van der Waals surface area contributed by atoms with Crippen molar-refractivity contribution < 1.29 is 22.8 Å². The molecule has 0 bridgehead atoms. The molecule has 308 valence electrons. The molecule has 0 aromatic heterocycles. The number of terminal acetylenes is 1. The fraction of sp³-hybridized carbons (Fsp3) is 0.822. The average molecular weight is 791 g/mol. The van der Waals surface area contributed by atoms with E-state index in [9.17, 15) is 0 Å². The Morgan fingerprint density at radius 1 is 0.660 bits per heavy atom. The Labute approximate surface area is 333 Å². The first kappa shape index (κ1) is 50.1. The largest absolute Gasteiger partial charge is 0.497 e. The highest BCUT2D eigenvalue weighted by atomic mass is 28.4. The number of rotatable bonds is 21. The van der Waals surface area contributed by atoms with Crippen molar-refractivity contribution in [2.24, 2.45) is 29.6 Å². The van der Waals surface area contributed by atoms with Crippen molar-refractivity contribution in [2.75, 3.05) is 13.7 Å². The van der Waals surface area contributed by atoms with E-state index in [4.69, 9.17) is 29.2 Å². The van der Waals surface area contributed by atoms with Crippen LogP contribution in [0.15, 0.2) is 24.3 Å². The average Bonchev–Trinajstić information content (AvgIpc) is 3.02. The molecule has 8 heteroatoms. The minimum absolute atomic E-state index is 0.0373. The predicted octanol–water partition coefficient (Wildman–Crippen LogP) is 13.4. The zero-order valence-electron chi connectivity index (χ0n) is 38.6. The summed E-state index contributed by atoms with van der Waals surface area (Å²) in [5.41, 5.74) is 1.14. The summed E-state index contributed by atoms with van der Waals surface area (Å²) in [4.78, 5) is 0. The van der Waals surface area contributed by atoms with Crippen LogP contribution in [0.5, 0.6) is 5.75 Å². The molecule has 0 aliphatic carbocycles. The fourth-order valence-electron chi connectivity index (χ4n) is 6.25. The Hall–Kier alpha value is -0.929. The summed E-state index contributed by atoms with van der Waals surface area (Å²) in [5.74, 6) is 5.17. The topological polar surface area (TPSA) is 46.2 Å². The predicted molar refractivity (Wildman–Crippen MR) is 237 cm³/mol. The normalized spacial score (nSPS) is 18.3. The third kappa shape index (κ3) is 15.2. The van der Waals surface area contributed by atoms with E-state index in [1.165, 1.54) is 0 Å². The first-order valence-corrected chi connectivity index (χ1v) is 29.3. The van der Waals surface area contributed by atoms with E-state index < -0.39 is 25.0 Å². The van der Waals surface area contributed by atoms with Gasteiger partial charge in [0.15, 0.2) is 25.0 Å². The Balaban J connectivity index is 3.43. The van der Waals surface area contributed by atoms with Crippen LogP contribution < -0.4 is 4.74 Å². The smallest absolute Gasteiger partial charge is 0.192 e. The molecule has 0 amide bonds. The van der Waals surface area contributed by atoms with E-state index in [2.05, 4.69) is 154 Å². The van der Waals surface area contributed by atoms with Gasteiger partial charge in [0.2, 0.25) is 0 Å². The van der Waals surface area contributed by atoms with Crippen molar-refractivity contribution in [3.8, 4) is 18.1 Å². The molecule has 0 radical (unpaired) electrons. The fourth-order valence-corrected chi connectivity index (χ4v) is 10.3. The molecule has 0 aliphatic heterocycles. The van der Waals surface area contributed by atoms with Gasteiger partial charge in [0, 0.05) is 24.4 Å². The van der Waals surface area contributed by atoms with Crippen LogP contribution >= 0.6 is 0 Å². The Morgan fingerprint density at radius 3 is 1.60 bits per heavy atom. The number of benzene rings is 1. The minimum Gasteiger partial charge on any atom is -0.497 e. The lowest BCUT2D eigenvalue weighted by molar-refractivity contribution is -0.0726. The monoisotopic (exact) mass is 791 g/mol. The second kappa shape index (κ2) is 20.0. The summed E-state index contributed by atoms with van der Waals surface area (Å²) in [6.07, 6.45) is 9.25. The maximum absolute atomic E-state index is 7.40. The molecule has 5 nitrogen and oxygen atoms in total. The Kier molecular flexibility index (Phi) is 18.9. The Morgan fingerprint density at radius 2 is 1.15 bits per heavy atom. The molecule has 0 N–H and O–H groups in total. The van der Waals surface area contributed by atoms with Crippen molar-refractivity contribution in [1.82, 2.24) is 0 Å². The van der Waals surface area contributed by atoms with E-state index in [0.29, 0.717) is 25.0 Å². The molecule has 8 atom stereocenters. The van der Waals surface area contributed by atoms with Crippen molar-refractivity contribution in [3.05, 3.63) is 29.8 Å². The lowest BCUT2D eigenvalue weighted by atomic mass is 9.83. The van der Waals surface area contributed by atoms with Crippen molar-refractivity contribution >= 4 is 25.0 Å². The molecule has 0 saturated heterocycles. The van der Waals surface area contributed by atoms with Crippen LogP contribution in [0.1, 0.15) is 122 Å². The van der Waals surface area contributed by atoms with Gasteiger partial charge in [-0.15, -0.1) is 12.3 Å². The third-order valence-corrected chi connectivity index (χ3v) is 26.8. The summed E-state index contributed by atoms with van der Waals surface area (Å²) in [7, 11) is -4.32. The van der Waals surface area contributed by atoms with Gasteiger partial charge in [0.05, 0.1) is 32.0 Å². The number of hydrogen-bond acceptors (Lipinski definition) is 5. The molecule has 0 fully saturated rings. The lowest BCUT2D eigenvalue weighted by Gasteiger charge is -2.44. The van der Waals surface area contributed by atoms with Gasteiger partial charge < -0.3 is 22.8 Å². The first-order valence-electron chi connectivity index (χ1n) is 20.6. The number of ether oxygens (including phenoxy) is 2. The van der Waals surface area contributed by atoms with Crippen molar-refractivity contribution in [1.29, 1.82) is 0 Å². The van der Waals surface area contributed by atoms with E-state index in [1.54, 1.807) is 7.11 Å². The third-order valence-electron chi connectivity index (χ3n) is 13.3.